The van der Waals surface area contributed by atoms with Crippen LogP contribution in [0.1, 0.15) is 42.4 Å². The predicted molar refractivity (Wildman–Crippen MR) is 82.0 cm³/mol. The highest BCUT2D eigenvalue weighted by Crippen LogP contribution is 2.31. The first-order chi connectivity index (χ1) is 11.0. The van der Waals surface area contributed by atoms with Crippen LogP contribution in [0.2, 0.25) is 0 Å². The number of imidazole rings is 1. The highest BCUT2D eigenvalue weighted by molar-refractivity contribution is 5.88. The molecule has 0 saturated carbocycles. The van der Waals surface area contributed by atoms with Crippen molar-refractivity contribution in [3.05, 3.63) is 21.9 Å². The van der Waals surface area contributed by atoms with Crippen LogP contribution in [0.15, 0.2) is 4.79 Å². The third-order valence-corrected chi connectivity index (χ3v) is 4.72. The van der Waals surface area contributed by atoms with E-state index in [1.165, 1.54) is 0 Å². The number of hydrogen-bond acceptors (Lipinski definition) is 5. The zero-order valence-corrected chi connectivity index (χ0v) is 13.4. The van der Waals surface area contributed by atoms with Crippen LogP contribution in [0.5, 0.6) is 0 Å². The van der Waals surface area contributed by atoms with Gasteiger partial charge in [0.25, 0.3) is 0 Å². The van der Waals surface area contributed by atoms with Crippen LogP contribution >= 0.6 is 0 Å². The second kappa shape index (κ2) is 6.19. The lowest BCUT2D eigenvalue weighted by atomic mass is 10.1. The molecule has 3 rings (SSSR count). The standard InChI is InChI=1S/C15H22N4O4/c1-3-23-14(21)13-11(16-15(22)17-13)8-19-9-4-5-10(19)7-18(2)12(20)6-9/h9-10H,3-8H2,1-2H3,(H2,16,17,22)/t9-,10+/m1/s1. The van der Waals surface area contributed by atoms with E-state index in [1.807, 2.05) is 7.05 Å². The van der Waals surface area contributed by atoms with Crippen molar-refractivity contribution >= 4 is 11.9 Å². The topological polar surface area (TPSA) is 98.5 Å². The van der Waals surface area contributed by atoms with E-state index in [0.717, 1.165) is 12.8 Å². The summed E-state index contributed by atoms with van der Waals surface area (Å²) < 4.78 is 4.99. The van der Waals surface area contributed by atoms with Gasteiger partial charge in [-0.2, -0.15) is 0 Å². The maximum Gasteiger partial charge on any atom is 0.356 e. The molecular formula is C15H22N4O4. The van der Waals surface area contributed by atoms with Crippen molar-refractivity contribution in [3.63, 3.8) is 0 Å². The molecule has 2 atom stereocenters. The number of aromatic nitrogens is 2. The van der Waals surface area contributed by atoms with Gasteiger partial charge in [0, 0.05) is 38.6 Å². The summed E-state index contributed by atoms with van der Waals surface area (Å²) >= 11 is 0. The highest BCUT2D eigenvalue weighted by Gasteiger charge is 2.39. The molecule has 2 aliphatic heterocycles. The molecule has 3 heterocycles. The first-order valence-corrected chi connectivity index (χ1v) is 7.97. The van der Waals surface area contributed by atoms with Gasteiger partial charge in [0.05, 0.1) is 12.3 Å². The van der Waals surface area contributed by atoms with Crippen molar-refractivity contribution in [1.29, 1.82) is 0 Å². The van der Waals surface area contributed by atoms with Gasteiger partial charge >= 0.3 is 11.7 Å². The Balaban J connectivity index is 1.83. The van der Waals surface area contributed by atoms with Crippen molar-refractivity contribution in [2.45, 2.75) is 44.8 Å². The number of rotatable bonds is 4. The van der Waals surface area contributed by atoms with Gasteiger partial charge in [-0.25, -0.2) is 9.59 Å². The van der Waals surface area contributed by atoms with Crippen LogP contribution in [0.25, 0.3) is 0 Å². The third-order valence-electron chi connectivity index (χ3n) is 4.72. The Morgan fingerprint density at radius 1 is 1.26 bits per heavy atom. The van der Waals surface area contributed by atoms with Gasteiger partial charge < -0.3 is 14.6 Å². The lowest BCUT2D eigenvalue weighted by Crippen LogP contribution is -2.38. The van der Waals surface area contributed by atoms with Crippen molar-refractivity contribution in [2.24, 2.45) is 0 Å². The number of amides is 1. The third kappa shape index (κ3) is 3.03. The number of fused-ring (bicyclic) bond motifs is 2. The number of hydrogen-bond donors (Lipinski definition) is 2. The molecule has 126 valence electrons. The van der Waals surface area contributed by atoms with Gasteiger partial charge in [-0.05, 0) is 19.8 Å². The maximum absolute atomic E-state index is 12.0. The summed E-state index contributed by atoms with van der Waals surface area (Å²) in [5.74, 6) is -0.383. The van der Waals surface area contributed by atoms with E-state index >= 15 is 0 Å². The number of likely N-dealkylation sites (tertiary alicyclic amines) is 1. The Kier molecular flexibility index (Phi) is 4.25. The average Bonchev–Trinajstić information content (AvgIpc) is 3.01. The molecule has 2 aliphatic rings. The molecule has 2 bridgehead atoms. The highest BCUT2D eigenvalue weighted by atomic mass is 16.5. The second-order valence-corrected chi connectivity index (χ2v) is 6.19. The Bertz CT molecular complexity index is 665. The smallest absolute Gasteiger partial charge is 0.356 e. The molecule has 23 heavy (non-hydrogen) atoms. The lowest BCUT2D eigenvalue weighted by Gasteiger charge is -2.27. The molecule has 1 amide bonds. The Morgan fingerprint density at radius 2 is 2.00 bits per heavy atom. The van der Waals surface area contributed by atoms with Crippen molar-refractivity contribution in [1.82, 2.24) is 19.8 Å². The van der Waals surface area contributed by atoms with E-state index in [0.29, 0.717) is 25.2 Å². The monoisotopic (exact) mass is 322 g/mol. The van der Waals surface area contributed by atoms with E-state index in [1.54, 1.807) is 11.8 Å². The molecule has 2 N–H and O–H groups in total. The maximum atomic E-state index is 12.0. The van der Waals surface area contributed by atoms with Crippen molar-refractivity contribution in [3.8, 4) is 0 Å². The summed E-state index contributed by atoms with van der Waals surface area (Å²) in [6.45, 7) is 3.08. The fraction of sp³-hybridized carbons (Fsp3) is 0.667. The van der Waals surface area contributed by atoms with Gasteiger partial charge in [-0.15, -0.1) is 0 Å². The summed E-state index contributed by atoms with van der Waals surface area (Å²) in [5, 5.41) is 0. The van der Waals surface area contributed by atoms with E-state index < -0.39 is 11.7 Å². The molecule has 0 aromatic carbocycles. The van der Waals surface area contributed by atoms with Gasteiger partial charge in [-0.3, -0.25) is 14.7 Å². The van der Waals surface area contributed by atoms with Gasteiger partial charge in [0.2, 0.25) is 5.91 Å². The quantitative estimate of drug-likeness (QED) is 0.765. The van der Waals surface area contributed by atoms with Crippen LogP contribution < -0.4 is 5.69 Å². The van der Waals surface area contributed by atoms with Gasteiger partial charge in [0.1, 0.15) is 5.69 Å². The van der Waals surface area contributed by atoms with Crippen LogP contribution in [-0.2, 0) is 16.1 Å². The second-order valence-electron chi connectivity index (χ2n) is 6.19. The summed E-state index contributed by atoms with van der Waals surface area (Å²) in [5.41, 5.74) is 0.293. The first kappa shape index (κ1) is 15.8. The minimum atomic E-state index is -0.531. The fourth-order valence-corrected chi connectivity index (χ4v) is 3.56. The minimum absolute atomic E-state index is 0.148. The van der Waals surface area contributed by atoms with Gasteiger partial charge in [0.15, 0.2) is 0 Å². The number of ether oxygens (including phenoxy) is 1. The molecule has 1 aromatic heterocycles. The molecule has 0 spiro atoms. The van der Waals surface area contributed by atoms with Crippen LogP contribution in [0.3, 0.4) is 0 Å². The van der Waals surface area contributed by atoms with Gasteiger partial charge in [-0.1, -0.05) is 0 Å². The van der Waals surface area contributed by atoms with E-state index in [2.05, 4.69) is 14.9 Å². The Labute approximate surface area is 133 Å². The lowest BCUT2D eigenvalue weighted by molar-refractivity contribution is -0.130. The predicted octanol–water partition coefficient (Wildman–Crippen LogP) is 0.0748. The first-order valence-electron chi connectivity index (χ1n) is 7.97. The van der Waals surface area contributed by atoms with Crippen LogP contribution in [0, 0.1) is 0 Å². The van der Waals surface area contributed by atoms with E-state index in [9.17, 15) is 14.4 Å². The van der Waals surface area contributed by atoms with Crippen LogP contribution in [0.4, 0.5) is 0 Å². The Hall–Kier alpha value is -2.09. The van der Waals surface area contributed by atoms with Crippen molar-refractivity contribution in [2.75, 3.05) is 20.2 Å². The molecule has 8 nitrogen and oxygen atoms in total. The number of H-pyrrole nitrogens is 2. The number of esters is 1. The summed E-state index contributed by atoms with van der Waals surface area (Å²) in [4.78, 5) is 44.8. The molecule has 1 aromatic rings. The number of aromatic amines is 2. The largest absolute Gasteiger partial charge is 0.461 e. The summed E-state index contributed by atoms with van der Waals surface area (Å²) in [6.07, 6.45) is 2.47. The fourth-order valence-electron chi connectivity index (χ4n) is 3.56. The molecule has 2 fully saturated rings. The summed E-state index contributed by atoms with van der Waals surface area (Å²) in [6, 6.07) is 0.413. The van der Waals surface area contributed by atoms with Crippen LogP contribution in [-0.4, -0.2) is 63.9 Å². The number of likely N-dealkylation sites (N-methyl/N-ethyl adjacent to an activating group) is 1. The summed E-state index contributed by atoms with van der Waals surface area (Å²) in [7, 11) is 1.82. The zero-order valence-electron chi connectivity index (χ0n) is 13.4. The van der Waals surface area contributed by atoms with E-state index in [4.69, 9.17) is 4.74 Å². The average molecular weight is 322 g/mol. The molecular weight excluding hydrogens is 300 g/mol. The molecule has 0 unspecified atom stereocenters. The zero-order chi connectivity index (χ0) is 16.6. The molecule has 0 aliphatic carbocycles. The molecule has 2 saturated heterocycles. The number of nitrogens with zero attached hydrogens (tertiary/aromatic N) is 2. The Morgan fingerprint density at radius 3 is 2.74 bits per heavy atom. The number of carbonyl (C=O) groups is 2. The van der Waals surface area contributed by atoms with E-state index in [-0.39, 0.29) is 30.3 Å². The molecule has 0 radical (unpaired) electrons. The number of carbonyl (C=O) groups excluding carboxylic acids is 2. The van der Waals surface area contributed by atoms with Crippen molar-refractivity contribution < 1.29 is 14.3 Å². The number of nitrogens with one attached hydrogen (secondary N) is 2. The SMILES string of the molecule is CCOC(=O)c1[nH]c(=O)[nH]c1CN1[C@@H]2CC[C@H]1CN(C)C(=O)C2. The normalized spacial score (nSPS) is 24.8. The molecule has 8 heteroatoms. The minimum Gasteiger partial charge on any atom is -0.461 e.